The summed E-state index contributed by atoms with van der Waals surface area (Å²) in [5, 5.41) is 5.67. The van der Waals surface area contributed by atoms with Gasteiger partial charge in [0, 0.05) is 37.3 Å². The first-order valence-corrected chi connectivity index (χ1v) is 9.98. The van der Waals surface area contributed by atoms with Crippen molar-refractivity contribution in [3.63, 3.8) is 0 Å². The van der Waals surface area contributed by atoms with Crippen LogP contribution in [-0.2, 0) is 16.1 Å². The molecule has 29 heavy (non-hydrogen) atoms. The van der Waals surface area contributed by atoms with Crippen molar-refractivity contribution in [3.05, 3.63) is 65.2 Å². The first-order chi connectivity index (χ1) is 14.0. The second-order valence-electron chi connectivity index (χ2n) is 7.49. The van der Waals surface area contributed by atoms with Crippen molar-refractivity contribution in [1.82, 2.24) is 10.2 Å². The predicted octanol–water partition coefficient (Wildman–Crippen LogP) is 3.12. The van der Waals surface area contributed by atoms with E-state index in [4.69, 9.17) is 0 Å². The highest BCUT2D eigenvalue weighted by Gasteiger charge is 2.34. The molecule has 2 aromatic carbocycles. The van der Waals surface area contributed by atoms with Crippen LogP contribution in [0, 0.1) is 12.8 Å². The maximum Gasteiger partial charge on any atom is 0.251 e. The SMILES string of the molecule is CCCNC(=O)c1cccc(NC(=O)C2CC(=O)N(Cc3ccc(C)cc3)C2)c1. The molecule has 0 aromatic heterocycles. The number of nitrogens with zero attached hydrogens (tertiary/aromatic N) is 1. The smallest absolute Gasteiger partial charge is 0.251 e. The van der Waals surface area contributed by atoms with Gasteiger partial charge in [0.1, 0.15) is 0 Å². The van der Waals surface area contributed by atoms with Gasteiger partial charge in [0.2, 0.25) is 11.8 Å². The molecule has 0 bridgehead atoms. The minimum atomic E-state index is -0.398. The maximum atomic E-state index is 12.7. The largest absolute Gasteiger partial charge is 0.352 e. The molecule has 1 aliphatic rings. The fourth-order valence-corrected chi connectivity index (χ4v) is 3.34. The average molecular weight is 393 g/mol. The van der Waals surface area contributed by atoms with Crippen molar-refractivity contribution in [2.45, 2.75) is 33.2 Å². The van der Waals surface area contributed by atoms with Crippen molar-refractivity contribution in [2.75, 3.05) is 18.4 Å². The summed E-state index contributed by atoms with van der Waals surface area (Å²) >= 11 is 0. The molecule has 0 saturated carbocycles. The molecule has 0 aliphatic carbocycles. The molecule has 1 saturated heterocycles. The molecule has 1 atom stereocenters. The van der Waals surface area contributed by atoms with Gasteiger partial charge in [0.15, 0.2) is 0 Å². The standard InChI is InChI=1S/C23H27N3O3/c1-3-11-24-22(28)18-5-4-6-20(12-18)25-23(29)19-13-21(27)26(15-19)14-17-9-7-16(2)8-10-17/h4-10,12,19H,3,11,13-15H2,1-2H3,(H,24,28)(H,25,29). The Morgan fingerprint density at radius 1 is 1.14 bits per heavy atom. The number of likely N-dealkylation sites (tertiary alicyclic amines) is 1. The monoisotopic (exact) mass is 393 g/mol. The number of aryl methyl sites for hydroxylation is 1. The van der Waals surface area contributed by atoms with Gasteiger partial charge in [0.25, 0.3) is 5.91 Å². The summed E-state index contributed by atoms with van der Waals surface area (Å²) in [7, 11) is 0. The molecule has 1 heterocycles. The van der Waals surface area contributed by atoms with Crippen LogP contribution in [0.4, 0.5) is 5.69 Å². The van der Waals surface area contributed by atoms with Crippen molar-refractivity contribution >= 4 is 23.4 Å². The van der Waals surface area contributed by atoms with Crippen LogP contribution in [0.1, 0.15) is 41.3 Å². The molecular weight excluding hydrogens is 366 g/mol. The van der Waals surface area contributed by atoms with Crippen LogP contribution >= 0.6 is 0 Å². The molecule has 1 fully saturated rings. The predicted molar refractivity (Wildman–Crippen MR) is 112 cm³/mol. The van der Waals surface area contributed by atoms with E-state index >= 15 is 0 Å². The van der Waals surface area contributed by atoms with Gasteiger partial charge < -0.3 is 15.5 Å². The van der Waals surface area contributed by atoms with E-state index in [0.29, 0.717) is 30.9 Å². The number of hydrogen-bond acceptors (Lipinski definition) is 3. The van der Waals surface area contributed by atoms with E-state index in [9.17, 15) is 14.4 Å². The zero-order valence-corrected chi connectivity index (χ0v) is 16.9. The summed E-state index contributed by atoms with van der Waals surface area (Å²) in [5.41, 5.74) is 3.28. The van der Waals surface area contributed by atoms with Crippen LogP contribution < -0.4 is 10.6 Å². The van der Waals surface area contributed by atoms with Gasteiger partial charge >= 0.3 is 0 Å². The number of amides is 3. The number of anilines is 1. The Balaban J connectivity index is 1.59. The second-order valence-corrected chi connectivity index (χ2v) is 7.49. The zero-order chi connectivity index (χ0) is 20.8. The lowest BCUT2D eigenvalue weighted by atomic mass is 10.1. The van der Waals surface area contributed by atoms with E-state index in [1.807, 2.05) is 38.1 Å². The average Bonchev–Trinajstić information content (AvgIpc) is 3.08. The minimum Gasteiger partial charge on any atom is -0.352 e. The molecule has 3 amide bonds. The van der Waals surface area contributed by atoms with E-state index < -0.39 is 5.92 Å². The number of hydrogen-bond donors (Lipinski definition) is 2. The number of carbonyl (C=O) groups is 3. The molecule has 152 valence electrons. The Bertz CT molecular complexity index is 892. The Morgan fingerprint density at radius 3 is 2.62 bits per heavy atom. The summed E-state index contributed by atoms with van der Waals surface area (Å²) < 4.78 is 0. The zero-order valence-electron chi connectivity index (χ0n) is 16.9. The van der Waals surface area contributed by atoms with Crippen LogP contribution in [0.15, 0.2) is 48.5 Å². The summed E-state index contributed by atoms with van der Waals surface area (Å²) in [4.78, 5) is 38.8. The minimum absolute atomic E-state index is 0.0154. The third-order valence-electron chi connectivity index (χ3n) is 5.01. The van der Waals surface area contributed by atoms with Gasteiger partial charge in [-0.1, -0.05) is 42.8 Å². The molecule has 6 nitrogen and oxygen atoms in total. The Kier molecular flexibility index (Phi) is 6.65. The van der Waals surface area contributed by atoms with Gasteiger partial charge in [-0.2, -0.15) is 0 Å². The van der Waals surface area contributed by atoms with E-state index in [1.165, 1.54) is 5.56 Å². The van der Waals surface area contributed by atoms with Crippen LogP contribution in [0.25, 0.3) is 0 Å². The third-order valence-corrected chi connectivity index (χ3v) is 5.01. The Labute approximate surface area is 171 Å². The summed E-state index contributed by atoms with van der Waals surface area (Å²) in [6, 6.07) is 14.9. The number of nitrogens with one attached hydrogen (secondary N) is 2. The molecule has 1 aliphatic heterocycles. The van der Waals surface area contributed by atoms with E-state index in [0.717, 1.165) is 12.0 Å². The first-order valence-electron chi connectivity index (χ1n) is 9.98. The molecule has 2 aromatic rings. The van der Waals surface area contributed by atoms with E-state index in [2.05, 4.69) is 10.6 Å². The van der Waals surface area contributed by atoms with Crippen LogP contribution in [0.2, 0.25) is 0 Å². The molecule has 0 spiro atoms. The lowest BCUT2D eigenvalue weighted by Crippen LogP contribution is -2.28. The highest BCUT2D eigenvalue weighted by atomic mass is 16.2. The number of rotatable bonds is 7. The third kappa shape index (κ3) is 5.44. The molecular formula is C23H27N3O3. The van der Waals surface area contributed by atoms with Crippen molar-refractivity contribution in [3.8, 4) is 0 Å². The van der Waals surface area contributed by atoms with Gasteiger partial charge in [-0.25, -0.2) is 0 Å². The van der Waals surface area contributed by atoms with Crippen LogP contribution in [-0.4, -0.2) is 35.7 Å². The van der Waals surface area contributed by atoms with Gasteiger partial charge in [-0.3, -0.25) is 14.4 Å². The Morgan fingerprint density at radius 2 is 1.90 bits per heavy atom. The van der Waals surface area contributed by atoms with Crippen LogP contribution in [0.3, 0.4) is 0 Å². The first kappa shape index (κ1) is 20.6. The summed E-state index contributed by atoms with van der Waals surface area (Å²) in [6.45, 7) is 5.52. The fraction of sp³-hybridized carbons (Fsp3) is 0.348. The highest BCUT2D eigenvalue weighted by Crippen LogP contribution is 2.22. The van der Waals surface area contributed by atoms with Crippen molar-refractivity contribution < 1.29 is 14.4 Å². The quantitative estimate of drug-likeness (QED) is 0.759. The Hall–Kier alpha value is -3.15. The van der Waals surface area contributed by atoms with E-state index in [1.54, 1.807) is 29.2 Å². The molecule has 1 unspecified atom stereocenters. The molecule has 3 rings (SSSR count). The number of carbonyl (C=O) groups excluding carboxylic acids is 3. The number of benzene rings is 2. The van der Waals surface area contributed by atoms with Crippen LogP contribution in [0.5, 0.6) is 0 Å². The van der Waals surface area contributed by atoms with Gasteiger partial charge in [0.05, 0.1) is 5.92 Å². The van der Waals surface area contributed by atoms with Crippen molar-refractivity contribution in [2.24, 2.45) is 5.92 Å². The summed E-state index contributed by atoms with van der Waals surface area (Å²) in [6.07, 6.45) is 1.06. The van der Waals surface area contributed by atoms with Gasteiger partial charge in [-0.05, 0) is 37.1 Å². The highest BCUT2D eigenvalue weighted by molar-refractivity contribution is 5.99. The topological polar surface area (TPSA) is 78.5 Å². The fourth-order valence-electron chi connectivity index (χ4n) is 3.34. The maximum absolute atomic E-state index is 12.7. The summed E-state index contributed by atoms with van der Waals surface area (Å²) in [5.74, 6) is -0.775. The molecule has 0 radical (unpaired) electrons. The van der Waals surface area contributed by atoms with Crippen molar-refractivity contribution in [1.29, 1.82) is 0 Å². The lowest BCUT2D eigenvalue weighted by Gasteiger charge is -2.17. The normalized spacial score (nSPS) is 16.0. The van der Waals surface area contributed by atoms with E-state index in [-0.39, 0.29) is 24.1 Å². The second kappa shape index (κ2) is 9.37. The molecule has 6 heteroatoms. The lowest BCUT2D eigenvalue weighted by molar-refractivity contribution is -0.128. The van der Waals surface area contributed by atoms with Gasteiger partial charge in [-0.15, -0.1) is 0 Å². The molecule has 2 N–H and O–H groups in total.